The van der Waals surface area contributed by atoms with Crippen LogP contribution in [0, 0.1) is 5.82 Å². The van der Waals surface area contributed by atoms with Gasteiger partial charge in [0.15, 0.2) is 0 Å². The summed E-state index contributed by atoms with van der Waals surface area (Å²) < 4.78 is 24.1. The molecule has 4 rings (SSSR count). The lowest BCUT2D eigenvalue weighted by atomic mass is 10.0. The summed E-state index contributed by atoms with van der Waals surface area (Å²) in [4.78, 5) is 27.5. The Bertz CT molecular complexity index is 1140. The summed E-state index contributed by atoms with van der Waals surface area (Å²) in [5.41, 5.74) is 1.54. The summed E-state index contributed by atoms with van der Waals surface area (Å²) in [6.07, 6.45) is 0. The third-order valence-corrected chi connectivity index (χ3v) is 4.99. The van der Waals surface area contributed by atoms with Crippen LogP contribution < -0.4 is 14.8 Å². The van der Waals surface area contributed by atoms with E-state index in [0.29, 0.717) is 22.7 Å². The molecule has 0 saturated carbocycles. The van der Waals surface area contributed by atoms with Crippen molar-refractivity contribution in [2.45, 2.75) is 0 Å². The summed E-state index contributed by atoms with van der Waals surface area (Å²) in [6, 6.07) is 21.6. The van der Waals surface area contributed by atoms with Gasteiger partial charge >= 0.3 is 0 Å². The number of methoxy groups -OCH3 is 1. The number of nitrogens with one attached hydrogen (secondary N) is 1. The second kappa shape index (κ2) is 9.34. The molecule has 0 radical (unpaired) electrons. The van der Waals surface area contributed by atoms with Crippen molar-refractivity contribution in [2.75, 3.05) is 25.6 Å². The molecular formula is C25H21FN2O4. The minimum Gasteiger partial charge on any atom is -0.497 e. The number of nitrogens with zero attached hydrogens (tertiary/aromatic N) is 1. The van der Waals surface area contributed by atoms with Gasteiger partial charge < -0.3 is 14.8 Å². The van der Waals surface area contributed by atoms with Crippen molar-refractivity contribution in [1.82, 2.24) is 4.90 Å². The molecule has 0 aliphatic carbocycles. The number of hydrogen-bond donors (Lipinski definition) is 1. The molecule has 0 aromatic heterocycles. The lowest BCUT2D eigenvalue weighted by Crippen LogP contribution is -2.36. The van der Waals surface area contributed by atoms with Gasteiger partial charge in [0.2, 0.25) is 0 Å². The second-order valence-corrected chi connectivity index (χ2v) is 7.03. The van der Waals surface area contributed by atoms with E-state index < -0.39 is 11.8 Å². The molecule has 0 unspecified atom stereocenters. The highest BCUT2D eigenvalue weighted by molar-refractivity contribution is 6.36. The number of benzene rings is 3. The first-order valence-corrected chi connectivity index (χ1v) is 10.0. The molecule has 0 bridgehead atoms. The fraction of sp³-hybridized carbons (Fsp3) is 0.120. The molecule has 162 valence electrons. The molecule has 1 aliphatic heterocycles. The normalized spacial score (nSPS) is 13.5. The summed E-state index contributed by atoms with van der Waals surface area (Å²) in [5, 5.41) is 2.99. The van der Waals surface area contributed by atoms with Gasteiger partial charge in [-0.15, -0.1) is 0 Å². The Morgan fingerprint density at radius 1 is 0.844 bits per heavy atom. The third kappa shape index (κ3) is 4.46. The first-order valence-electron chi connectivity index (χ1n) is 10.0. The van der Waals surface area contributed by atoms with Gasteiger partial charge in [-0.25, -0.2) is 4.39 Å². The monoisotopic (exact) mass is 432 g/mol. The van der Waals surface area contributed by atoms with E-state index in [1.807, 2.05) is 6.07 Å². The lowest BCUT2D eigenvalue weighted by Gasteiger charge is -2.16. The standard InChI is InChI=1S/C25H21FN2O4/c1-31-20-11-13-21(14-12-20)32-16-15-28-24(29)22(17-5-3-2-4-6-17)23(25(28)30)27-19-9-7-18(26)8-10-19/h2-14,27H,15-16H2,1H3. The zero-order valence-corrected chi connectivity index (χ0v) is 17.4. The minimum absolute atomic E-state index is 0.0780. The Morgan fingerprint density at radius 3 is 2.16 bits per heavy atom. The molecule has 0 spiro atoms. The predicted octanol–water partition coefficient (Wildman–Crippen LogP) is 4.11. The summed E-state index contributed by atoms with van der Waals surface area (Å²) in [6.45, 7) is 0.213. The van der Waals surface area contributed by atoms with Crippen LogP contribution in [0.1, 0.15) is 5.56 Å². The Balaban J connectivity index is 1.53. The maximum absolute atomic E-state index is 13.3. The van der Waals surface area contributed by atoms with E-state index in [2.05, 4.69) is 5.32 Å². The molecule has 6 nitrogen and oxygen atoms in total. The molecule has 3 aromatic rings. The van der Waals surface area contributed by atoms with Crippen LogP contribution in [0.4, 0.5) is 10.1 Å². The first kappa shape index (κ1) is 21.1. The van der Waals surface area contributed by atoms with Crippen molar-refractivity contribution in [3.8, 4) is 11.5 Å². The maximum Gasteiger partial charge on any atom is 0.278 e. The van der Waals surface area contributed by atoms with E-state index in [4.69, 9.17) is 9.47 Å². The summed E-state index contributed by atoms with van der Waals surface area (Å²) in [5.74, 6) is 0.0425. The van der Waals surface area contributed by atoms with Gasteiger partial charge in [0.1, 0.15) is 29.6 Å². The SMILES string of the molecule is COc1ccc(OCCN2C(=O)C(Nc3ccc(F)cc3)=C(c3ccccc3)C2=O)cc1. The van der Waals surface area contributed by atoms with E-state index in [1.54, 1.807) is 55.6 Å². The molecule has 1 aliphatic rings. The second-order valence-electron chi connectivity index (χ2n) is 7.03. The molecule has 7 heteroatoms. The Morgan fingerprint density at radius 2 is 1.50 bits per heavy atom. The van der Waals surface area contributed by atoms with Crippen LogP contribution in [0.15, 0.2) is 84.6 Å². The van der Waals surface area contributed by atoms with Crippen LogP contribution in [0.2, 0.25) is 0 Å². The molecular weight excluding hydrogens is 411 g/mol. The van der Waals surface area contributed by atoms with Crippen molar-refractivity contribution >= 4 is 23.1 Å². The third-order valence-electron chi connectivity index (χ3n) is 4.99. The van der Waals surface area contributed by atoms with Gasteiger partial charge in [-0.3, -0.25) is 14.5 Å². The largest absolute Gasteiger partial charge is 0.497 e. The van der Waals surface area contributed by atoms with E-state index in [0.717, 1.165) is 4.90 Å². The van der Waals surface area contributed by atoms with Gasteiger partial charge in [-0.1, -0.05) is 30.3 Å². The molecule has 32 heavy (non-hydrogen) atoms. The number of halogens is 1. The molecule has 0 fully saturated rings. The first-order chi connectivity index (χ1) is 15.6. The van der Waals surface area contributed by atoms with Crippen molar-refractivity contribution in [2.24, 2.45) is 0 Å². The zero-order valence-electron chi connectivity index (χ0n) is 17.4. The van der Waals surface area contributed by atoms with E-state index in [1.165, 1.54) is 24.3 Å². The van der Waals surface area contributed by atoms with Gasteiger partial charge in [-0.2, -0.15) is 0 Å². The van der Waals surface area contributed by atoms with Crippen molar-refractivity contribution < 1.29 is 23.5 Å². The van der Waals surface area contributed by atoms with Crippen molar-refractivity contribution in [3.05, 3.63) is 95.9 Å². The highest BCUT2D eigenvalue weighted by atomic mass is 19.1. The number of ether oxygens (including phenoxy) is 2. The topological polar surface area (TPSA) is 67.9 Å². The Kier molecular flexibility index (Phi) is 6.17. The summed E-state index contributed by atoms with van der Waals surface area (Å²) in [7, 11) is 1.58. The van der Waals surface area contributed by atoms with Gasteiger partial charge in [-0.05, 0) is 54.1 Å². The maximum atomic E-state index is 13.3. The smallest absolute Gasteiger partial charge is 0.278 e. The van der Waals surface area contributed by atoms with Crippen LogP contribution >= 0.6 is 0 Å². The number of carbonyl (C=O) groups excluding carboxylic acids is 2. The van der Waals surface area contributed by atoms with Crippen molar-refractivity contribution in [3.63, 3.8) is 0 Å². The Labute approximate surface area is 184 Å². The fourth-order valence-electron chi connectivity index (χ4n) is 3.37. The fourth-order valence-corrected chi connectivity index (χ4v) is 3.37. The van der Waals surface area contributed by atoms with Crippen LogP contribution in [0.3, 0.4) is 0 Å². The molecule has 1 N–H and O–H groups in total. The molecule has 3 aromatic carbocycles. The van der Waals surface area contributed by atoms with Crippen LogP contribution in [0.25, 0.3) is 5.57 Å². The van der Waals surface area contributed by atoms with E-state index in [-0.39, 0.29) is 30.2 Å². The van der Waals surface area contributed by atoms with Crippen molar-refractivity contribution in [1.29, 1.82) is 0 Å². The highest BCUT2D eigenvalue weighted by Crippen LogP contribution is 2.30. The molecule has 0 atom stereocenters. The number of amides is 2. The van der Waals surface area contributed by atoms with Crippen LogP contribution in [-0.2, 0) is 9.59 Å². The van der Waals surface area contributed by atoms with E-state index in [9.17, 15) is 14.0 Å². The lowest BCUT2D eigenvalue weighted by molar-refractivity contribution is -0.137. The zero-order chi connectivity index (χ0) is 22.5. The van der Waals surface area contributed by atoms with Crippen LogP contribution in [0.5, 0.6) is 11.5 Å². The highest BCUT2D eigenvalue weighted by Gasteiger charge is 2.39. The van der Waals surface area contributed by atoms with Crippen LogP contribution in [-0.4, -0.2) is 37.0 Å². The quantitative estimate of drug-likeness (QED) is 0.543. The minimum atomic E-state index is -0.462. The average Bonchev–Trinajstić information content (AvgIpc) is 3.05. The van der Waals surface area contributed by atoms with Gasteiger partial charge in [0, 0.05) is 5.69 Å². The predicted molar refractivity (Wildman–Crippen MR) is 119 cm³/mol. The molecule has 1 heterocycles. The number of rotatable bonds is 8. The Hall–Kier alpha value is -4.13. The van der Waals surface area contributed by atoms with Gasteiger partial charge in [0.25, 0.3) is 11.8 Å². The number of imide groups is 1. The van der Waals surface area contributed by atoms with E-state index >= 15 is 0 Å². The molecule has 0 saturated heterocycles. The number of carbonyl (C=O) groups is 2. The average molecular weight is 432 g/mol. The summed E-state index contributed by atoms with van der Waals surface area (Å²) >= 11 is 0. The van der Waals surface area contributed by atoms with Gasteiger partial charge in [0.05, 0.1) is 19.2 Å². The number of hydrogen-bond acceptors (Lipinski definition) is 5. The molecule has 2 amide bonds. The number of anilines is 1.